The average molecular weight is 300 g/mol. The van der Waals surface area contributed by atoms with E-state index in [0.717, 1.165) is 5.56 Å². The van der Waals surface area contributed by atoms with Crippen LogP contribution in [0.5, 0.6) is 0 Å². The topological polar surface area (TPSA) is 72.7 Å². The molecule has 0 radical (unpaired) electrons. The highest BCUT2D eigenvalue weighted by molar-refractivity contribution is 6.34. The molecule has 2 aromatic rings. The smallest absolute Gasteiger partial charge is 0.226 e. The predicted octanol–water partition coefficient (Wildman–Crippen LogP) is 2.32. The van der Waals surface area contributed by atoms with E-state index in [1.807, 2.05) is 0 Å². The van der Waals surface area contributed by atoms with Crippen LogP contribution >= 0.6 is 23.2 Å². The summed E-state index contributed by atoms with van der Waals surface area (Å²) >= 11 is 11.7. The number of aromatic nitrogens is 4. The summed E-state index contributed by atoms with van der Waals surface area (Å²) in [5, 5.41) is 10.6. The maximum atomic E-state index is 11.8. The first-order valence-corrected chi connectivity index (χ1v) is 6.28. The molecule has 0 aromatic carbocycles. The second kappa shape index (κ2) is 5.99. The number of hydrogen-bond acceptors (Lipinski definition) is 4. The van der Waals surface area contributed by atoms with Gasteiger partial charge in [-0.25, -0.2) is 4.98 Å². The predicted molar refractivity (Wildman–Crippen MR) is 72.3 cm³/mol. The van der Waals surface area contributed by atoms with E-state index >= 15 is 0 Å². The third-order valence-electron chi connectivity index (χ3n) is 2.45. The van der Waals surface area contributed by atoms with Crippen LogP contribution in [-0.2, 0) is 11.3 Å². The Kier molecular flexibility index (Phi) is 4.34. The summed E-state index contributed by atoms with van der Waals surface area (Å²) in [7, 11) is 0. The molecular weight excluding hydrogens is 289 g/mol. The van der Waals surface area contributed by atoms with Gasteiger partial charge in [0.05, 0.1) is 18.4 Å². The van der Waals surface area contributed by atoms with Crippen LogP contribution in [0.4, 0.5) is 5.69 Å². The van der Waals surface area contributed by atoms with E-state index in [2.05, 4.69) is 20.6 Å². The van der Waals surface area contributed by atoms with Crippen molar-refractivity contribution in [1.29, 1.82) is 0 Å². The van der Waals surface area contributed by atoms with Crippen LogP contribution in [-0.4, -0.2) is 25.9 Å². The first-order valence-electron chi connectivity index (χ1n) is 5.53. The van der Waals surface area contributed by atoms with Crippen molar-refractivity contribution in [3.05, 3.63) is 34.3 Å². The summed E-state index contributed by atoms with van der Waals surface area (Å²) < 4.78 is 1.58. The zero-order valence-corrected chi connectivity index (χ0v) is 11.6. The molecule has 0 aliphatic rings. The van der Waals surface area contributed by atoms with Crippen molar-refractivity contribution in [1.82, 2.24) is 20.0 Å². The molecule has 2 rings (SSSR count). The second-order valence-corrected chi connectivity index (χ2v) is 4.64. The highest BCUT2D eigenvalue weighted by Gasteiger charge is 2.11. The van der Waals surface area contributed by atoms with Crippen molar-refractivity contribution in [2.45, 2.75) is 19.9 Å². The molecule has 0 bridgehead atoms. The van der Waals surface area contributed by atoms with Crippen molar-refractivity contribution in [2.24, 2.45) is 0 Å². The summed E-state index contributed by atoms with van der Waals surface area (Å²) in [6, 6.07) is 1.64. The lowest BCUT2D eigenvalue weighted by Gasteiger charge is -2.10. The van der Waals surface area contributed by atoms with Crippen LogP contribution in [0, 0.1) is 6.92 Å². The molecule has 0 spiro atoms. The summed E-state index contributed by atoms with van der Waals surface area (Å²) in [5.74, 6) is -0.176. The molecule has 2 heterocycles. The molecule has 6 nitrogen and oxygen atoms in total. The molecule has 1 N–H and O–H groups in total. The number of anilines is 1. The highest BCUT2D eigenvalue weighted by Crippen LogP contribution is 2.26. The molecule has 1 amide bonds. The number of carbonyl (C=O) groups is 1. The quantitative estimate of drug-likeness (QED) is 0.879. The monoisotopic (exact) mass is 299 g/mol. The van der Waals surface area contributed by atoms with Gasteiger partial charge in [-0.3, -0.25) is 9.48 Å². The van der Waals surface area contributed by atoms with Gasteiger partial charge in [-0.2, -0.15) is 0 Å². The molecule has 100 valence electrons. The Bertz CT molecular complexity index is 562. The normalized spacial score (nSPS) is 10.5. The number of nitrogens with one attached hydrogen (secondary N) is 1. The van der Waals surface area contributed by atoms with E-state index in [9.17, 15) is 4.79 Å². The number of carbonyl (C=O) groups excluding carboxylic acids is 1. The molecule has 8 heteroatoms. The molecule has 19 heavy (non-hydrogen) atoms. The number of amides is 1. The fourth-order valence-electron chi connectivity index (χ4n) is 1.52. The van der Waals surface area contributed by atoms with Gasteiger partial charge in [0.2, 0.25) is 5.91 Å². The van der Waals surface area contributed by atoms with Gasteiger partial charge >= 0.3 is 0 Å². The lowest BCUT2D eigenvalue weighted by molar-refractivity contribution is -0.116. The molecular formula is C11H11Cl2N5O. The van der Waals surface area contributed by atoms with E-state index < -0.39 is 0 Å². The number of nitrogens with zero attached hydrogens (tertiary/aromatic N) is 4. The molecule has 0 unspecified atom stereocenters. The van der Waals surface area contributed by atoms with E-state index in [4.69, 9.17) is 23.2 Å². The van der Waals surface area contributed by atoms with Gasteiger partial charge in [-0.15, -0.1) is 5.10 Å². The number of pyridine rings is 1. The number of aryl methyl sites for hydroxylation is 2. The lowest BCUT2D eigenvalue weighted by Crippen LogP contribution is -2.16. The van der Waals surface area contributed by atoms with Gasteiger partial charge in [-0.1, -0.05) is 28.4 Å². The minimum atomic E-state index is -0.176. The molecule has 0 saturated heterocycles. The van der Waals surface area contributed by atoms with Gasteiger partial charge in [0.15, 0.2) is 5.15 Å². The largest absolute Gasteiger partial charge is 0.323 e. The third-order valence-corrected chi connectivity index (χ3v) is 2.91. The Morgan fingerprint density at radius 3 is 2.89 bits per heavy atom. The minimum absolute atomic E-state index is 0.176. The van der Waals surface area contributed by atoms with Crippen LogP contribution in [0.3, 0.4) is 0 Å². The fraction of sp³-hybridized carbons (Fsp3) is 0.273. The summed E-state index contributed by atoms with van der Waals surface area (Å²) in [5.41, 5.74) is 1.24. The van der Waals surface area contributed by atoms with E-state index in [1.165, 1.54) is 0 Å². The lowest BCUT2D eigenvalue weighted by atomic mass is 10.2. The Hall–Kier alpha value is -1.66. The van der Waals surface area contributed by atoms with Crippen LogP contribution in [0.1, 0.15) is 12.0 Å². The molecule has 0 aliphatic heterocycles. The highest BCUT2D eigenvalue weighted by atomic mass is 35.5. The van der Waals surface area contributed by atoms with Crippen LogP contribution in [0.2, 0.25) is 10.3 Å². The van der Waals surface area contributed by atoms with Crippen LogP contribution in [0.25, 0.3) is 0 Å². The first kappa shape index (κ1) is 13.8. The maximum absolute atomic E-state index is 11.8. The zero-order valence-electron chi connectivity index (χ0n) is 10.1. The third kappa shape index (κ3) is 3.65. The maximum Gasteiger partial charge on any atom is 0.226 e. The van der Waals surface area contributed by atoms with Crippen molar-refractivity contribution >= 4 is 34.8 Å². The van der Waals surface area contributed by atoms with Crippen molar-refractivity contribution < 1.29 is 4.79 Å². The van der Waals surface area contributed by atoms with E-state index in [0.29, 0.717) is 17.4 Å². The van der Waals surface area contributed by atoms with E-state index in [-0.39, 0.29) is 17.5 Å². The Balaban J connectivity index is 1.99. The number of halogens is 2. The van der Waals surface area contributed by atoms with Gasteiger partial charge < -0.3 is 5.32 Å². The van der Waals surface area contributed by atoms with Crippen molar-refractivity contribution in [2.75, 3.05) is 5.32 Å². The Morgan fingerprint density at radius 1 is 1.47 bits per heavy atom. The standard InChI is InChI=1S/C11H11Cl2N5O/c1-7-6-8(12)15-11(13)10(7)16-9(19)2-4-18-5-3-14-17-18/h3,5-6H,2,4H2,1H3,(H,16,19). The molecule has 0 atom stereocenters. The van der Waals surface area contributed by atoms with Crippen molar-refractivity contribution in [3.63, 3.8) is 0 Å². The first-order chi connectivity index (χ1) is 9.06. The molecule has 0 aliphatic carbocycles. The van der Waals surface area contributed by atoms with Gasteiger partial charge in [-0.05, 0) is 18.6 Å². The number of rotatable bonds is 4. The summed E-state index contributed by atoms with van der Waals surface area (Å²) in [4.78, 5) is 15.7. The number of hydrogen-bond donors (Lipinski definition) is 1. The average Bonchev–Trinajstić information content (AvgIpc) is 2.84. The molecule has 2 aromatic heterocycles. The van der Waals surface area contributed by atoms with Crippen LogP contribution < -0.4 is 5.32 Å². The van der Waals surface area contributed by atoms with E-state index in [1.54, 1.807) is 30.1 Å². The SMILES string of the molecule is Cc1cc(Cl)nc(Cl)c1NC(=O)CCn1ccnn1. The van der Waals surface area contributed by atoms with Gasteiger partial charge in [0.1, 0.15) is 5.15 Å². The summed E-state index contributed by atoms with van der Waals surface area (Å²) in [6.45, 7) is 2.25. The summed E-state index contributed by atoms with van der Waals surface area (Å²) in [6.07, 6.45) is 3.51. The van der Waals surface area contributed by atoms with Crippen LogP contribution in [0.15, 0.2) is 18.5 Å². The zero-order chi connectivity index (χ0) is 13.8. The molecule has 0 saturated carbocycles. The van der Waals surface area contributed by atoms with Crippen molar-refractivity contribution in [3.8, 4) is 0 Å². The fourth-order valence-corrected chi connectivity index (χ4v) is 2.09. The molecule has 0 fully saturated rings. The minimum Gasteiger partial charge on any atom is -0.323 e. The second-order valence-electron chi connectivity index (χ2n) is 3.89. The van der Waals surface area contributed by atoms with Gasteiger partial charge in [0.25, 0.3) is 0 Å². The Labute approximate surface area is 119 Å². The Morgan fingerprint density at radius 2 is 2.26 bits per heavy atom. The van der Waals surface area contributed by atoms with Gasteiger partial charge in [0, 0.05) is 12.6 Å².